The van der Waals surface area contributed by atoms with Crippen molar-refractivity contribution in [1.82, 2.24) is 4.98 Å². The van der Waals surface area contributed by atoms with Crippen molar-refractivity contribution in [3.8, 4) is 0 Å². The standard InChI is InChI=1S/C13H18F3N3/c1-12(2)8-19(7-6-9(12)17)11-5-3-4-10(18-11)13(14,15)16/h3-5,9H,6-8,17H2,1-2H3. The van der Waals surface area contributed by atoms with Crippen LogP contribution < -0.4 is 10.6 Å². The third-order valence-corrected chi connectivity index (χ3v) is 3.66. The maximum absolute atomic E-state index is 12.6. The van der Waals surface area contributed by atoms with E-state index in [1.54, 1.807) is 6.07 Å². The molecule has 1 saturated heterocycles. The Morgan fingerprint density at radius 3 is 2.63 bits per heavy atom. The molecule has 1 fully saturated rings. The second-order valence-electron chi connectivity index (χ2n) is 5.68. The summed E-state index contributed by atoms with van der Waals surface area (Å²) in [6, 6.07) is 4.06. The van der Waals surface area contributed by atoms with Crippen molar-refractivity contribution in [2.45, 2.75) is 32.5 Å². The number of halogens is 3. The highest BCUT2D eigenvalue weighted by Gasteiger charge is 2.36. The molecule has 1 aromatic rings. The van der Waals surface area contributed by atoms with Crippen LogP contribution in [-0.4, -0.2) is 24.1 Å². The highest BCUT2D eigenvalue weighted by Crippen LogP contribution is 2.32. The number of piperidine rings is 1. The zero-order valence-corrected chi connectivity index (χ0v) is 11.0. The lowest BCUT2D eigenvalue weighted by Gasteiger charge is -2.43. The lowest BCUT2D eigenvalue weighted by atomic mass is 9.80. The van der Waals surface area contributed by atoms with E-state index in [0.29, 0.717) is 18.9 Å². The average molecular weight is 273 g/mol. The third kappa shape index (κ3) is 3.00. The minimum absolute atomic E-state index is 0.0644. The Morgan fingerprint density at radius 2 is 2.05 bits per heavy atom. The van der Waals surface area contributed by atoms with Crippen molar-refractivity contribution in [1.29, 1.82) is 0 Å². The van der Waals surface area contributed by atoms with Crippen LogP contribution in [0.2, 0.25) is 0 Å². The largest absolute Gasteiger partial charge is 0.433 e. The molecule has 0 spiro atoms. The molecule has 2 rings (SSSR count). The zero-order chi connectivity index (χ0) is 14.3. The molecule has 1 aromatic heterocycles. The van der Waals surface area contributed by atoms with Crippen LogP contribution in [0.15, 0.2) is 18.2 Å². The summed E-state index contributed by atoms with van der Waals surface area (Å²) in [5.74, 6) is 0.370. The third-order valence-electron chi connectivity index (χ3n) is 3.66. The molecule has 1 aliphatic rings. The predicted molar refractivity (Wildman–Crippen MR) is 67.8 cm³/mol. The monoisotopic (exact) mass is 273 g/mol. The van der Waals surface area contributed by atoms with Gasteiger partial charge in [-0.25, -0.2) is 4.98 Å². The fourth-order valence-corrected chi connectivity index (χ4v) is 2.33. The SMILES string of the molecule is CC1(C)CN(c2cccc(C(F)(F)F)n2)CCC1N. The topological polar surface area (TPSA) is 42.2 Å². The molecule has 2 heterocycles. The number of nitrogens with zero attached hydrogens (tertiary/aromatic N) is 2. The van der Waals surface area contributed by atoms with Gasteiger partial charge in [-0.1, -0.05) is 19.9 Å². The lowest BCUT2D eigenvalue weighted by molar-refractivity contribution is -0.141. The van der Waals surface area contributed by atoms with Gasteiger partial charge in [0.15, 0.2) is 0 Å². The molecule has 0 aromatic carbocycles. The number of pyridine rings is 1. The van der Waals surface area contributed by atoms with E-state index in [1.165, 1.54) is 6.07 Å². The Kier molecular flexibility index (Phi) is 3.47. The molecule has 106 valence electrons. The Hall–Kier alpha value is -1.30. The molecule has 1 unspecified atom stereocenters. The van der Waals surface area contributed by atoms with E-state index in [1.807, 2.05) is 18.7 Å². The zero-order valence-electron chi connectivity index (χ0n) is 11.0. The van der Waals surface area contributed by atoms with Crippen LogP contribution in [-0.2, 0) is 6.18 Å². The predicted octanol–water partition coefficient (Wildman–Crippen LogP) is 2.66. The second-order valence-corrected chi connectivity index (χ2v) is 5.68. The Labute approximate surface area is 110 Å². The first-order valence-corrected chi connectivity index (χ1v) is 6.25. The number of nitrogens with two attached hydrogens (primary N) is 1. The molecule has 0 amide bonds. The quantitative estimate of drug-likeness (QED) is 0.855. The van der Waals surface area contributed by atoms with Crippen LogP contribution in [0.5, 0.6) is 0 Å². The van der Waals surface area contributed by atoms with Gasteiger partial charge in [-0.15, -0.1) is 0 Å². The second kappa shape index (κ2) is 4.67. The van der Waals surface area contributed by atoms with E-state index >= 15 is 0 Å². The molecular formula is C13H18F3N3. The van der Waals surface area contributed by atoms with Gasteiger partial charge in [0.05, 0.1) is 0 Å². The van der Waals surface area contributed by atoms with Gasteiger partial charge >= 0.3 is 6.18 Å². The molecule has 6 heteroatoms. The van der Waals surface area contributed by atoms with Gasteiger partial charge in [0.2, 0.25) is 0 Å². The van der Waals surface area contributed by atoms with E-state index < -0.39 is 11.9 Å². The first kappa shape index (κ1) is 14.1. The highest BCUT2D eigenvalue weighted by molar-refractivity contribution is 5.41. The van der Waals surface area contributed by atoms with Gasteiger partial charge in [-0.05, 0) is 24.0 Å². The maximum Gasteiger partial charge on any atom is 0.433 e. The van der Waals surface area contributed by atoms with E-state index in [4.69, 9.17) is 5.73 Å². The van der Waals surface area contributed by atoms with Crippen molar-refractivity contribution in [2.75, 3.05) is 18.0 Å². The summed E-state index contributed by atoms with van der Waals surface area (Å²) in [5, 5.41) is 0. The van der Waals surface area contributed by atoms with E-state index in [9.17, 15) is 13.2 Å². The summed E-state index contributed by atoms with van der Waals surface area (Å²) in [6.45, 7) is 5.30. The number of hydrogen-bond acceptors (Lipinski definition) is 3. The van der Waals surface area contributed by atoms with E-state index in [0.717, 1.165) is 12.5 Å². The Bertz CT molecular complexity index is 457. The van der Waals surface area contributed by atoms with Gasteiger partial charge in [0, 0.05) is 19.1 Å². The normalized spacial score (nSPS) is 23.5. The van der Waals surface area contributed by atoms with Crippen molar-refractivity contribution in [2.24, 2.45) is 11.1 Å². The molecule has 19 heavy (non-hydrogen) atoms. The number of rotatable bonds is 1. The fraction of sp³-hybridized carbons (Fsp3) is 0.615. The van der Waals surface area contributed by atoms with E-state index in [-0.39, 0.29) is 11.5 Å². The van der Waals surface area contributed by atoms with Gasteiger partial charge in [-0.3, -0.25) is 0 Å². The highest BCUT2D eigenvalue weighted by atomic mass is 19.4. The fourth-order valence-electron chi connectivity index (χ4n) is 2.33. The van der Waals surface area contributed by atoms with Crippen molar-refractivity contribution < 1.29 is 13.2 Å². The first-order valence-electron chi connectivity index (χ1n) is 6.25. The number of anilines is 1. The molecule has 3 nitrogen and oxygen atoms in total. The van der Waals surface area contributed by atoms with Gasteiger partial charge < -0.3 is 10.6 Å². The summed E-state index contributed by atoms with van der Waals surface area (Å²) >= 11 is 0. The smallest absolute Gasteiger partial charge is 0.356 e. The molecule has 1 aliphatic heterocycles. The van der Waals surface area contributed by atoms with Crippen LogP contribution in [0.3, 0.4) is 0 Å². The lowest BCUT2D eigenvalue weighted by Crippen LogP contribution is -2.52. The number of hydrogen-bond donors (Lipinski definition) is 1. The van der Waals surface area contributed by atoms with Crippen LogP contribution in [0.4, 0.5) is 19.0 Å². The Balaban J connectivity index is 2.24. The summed E-state index contributed by atoms with van der Waals surface area (Å²) in [7, 11) is 0. The minimum atomic E-state index is -4.41. The molecule has 1 atom stereocenters. The van der Waals surface area contributed by atoms with Crippen molar-refractivity contribution in [3.63, 3.8) is 0 Å². The van der Waals surface area contributed by atoms with Gasteiger partial charge in [0.1, 0.15) is 11.5 Å². The minimum Gasteiger partial charge on any atom is -0.356 e. The van der Waals surface area contributed by atoms with Crippen LogP contribution >= 0.6 is 0 Å². The molecule has 0 bridgehead atoms. The molecule has 0 radical (unpaired) electrons. The Morgan fingerprint density at radius 1 is 1.37 bits per heavy atom. The molecular weight excluding hydrogens is 255 g/mol. The van der Waals surface area contributed by atoms with Crippen molar-refractivity contribution in [3.05, 3.63) is 23.9 Å². The summed E-state index contributed by atoms with van der Waals surface area (Å²) < 4.78 is 37.9. The average Bonchev–Trinajstić information content (AvgIpc) is 2.32. The van der Waals surface area contributed by atoms with Crippen LogP contribution in [0, 0.1) is 5.41 Å². The van der Waals surface area contributed by atoms with E-state index in [2.05, 4.69) is 4.98 Å². The van der Waals surface area contributed by atoms with Crippen LogP contribution in [0.25, 0.3) is 0 Å². The summed E-state index contributed by atoms with van der Waals surface area (Å²) in [4.78, 5) is 5.59. The van der Waals surface area contributed by atoms with Gasteiger partial charge in [0.25, 0.3) is 0 Å². The van der Waals surface area contributed by atoms with Crippen molar-refractivity contribution >= 4 is 5.82 Å². The summed E-state index contributed by atoms with van der Waals surface area (Å²) in [6.07, 6.45) is -3.65. The number of alkyl halides is 3. The van der Waals surface area contributed by atoms with Crippen LogP contribution in [0.1, 0.15) is 26.0 Å². The summed E-state index contributed by atoms with van der Waals surface area (Å²) in [5.41, 5.74) is 5.04. The number of aromatic nitrogens is 1. The molecule has 0 aliphatic carbocycles. The van der Waals surface area contributed by atoms with Gasteiger partial charge in [-0.2, -0.15) is 13.2 Å². The molecule has 2 N–H and O–H groups in total. The maximum atomic E-state index is 12.6. The first-order chi connectivity index (χ1) is 8.70. The molecule has 0 saturated carbocycles.